The van der Waals surface area contributed by atoms with E-state index >= 15 is 0 Å². The van der Waals surface area contributed by atoms with E-state index in [4.69, 9.17) is 22.3 Å². The first-order chi connectivity index (χ1) is 6.79. The van der Waals surface area contributed by atoms with Crippen LogP contribution in [0.1, 0.15) is 11.7 Å². The molecule has 84 valence electrons. The first kappa shape index (κ1) is 12.7. The summed E-state index contributed by atoms with van der Waals surface area (Å²) in [4.78, 5) is 0. The van der Waals surface area contributed by atoms with Crippen LogP contribution in [0.5, 0.6) is 0 Å². The van der Waals surface area contributed by atoms with Crippen molar-refractivity contribution in [3.8, 4) is 0 Å². The van der Waals surface area contributed by atoms with Gasteiger partial charge in [-0.2, -0.15) is 0 Å². The van der Waals surface area contributed by atoms with Gasteiger partial charge < -0.3 is 0 Å². The van der Waals surface area contributed by atoms with Crippen molar-refractivity contribution in [2.75, 3.05) is 5.75 Å². The molecule has 0 bridgehead atoms. The molecule has 1 aromatic carbocycles. The van der Waals surface area contributed by atoms with Crippen LogP contribution >= 0.6 is 22.3 Å². The zero-order valence-electron chi connectivity index (χ0n) is 7.25. The number of halogens is 4. The van der Waals surface area contributed by atoms with Crippen molar-refractivity contribution in [2.24, 2.45) is 0 Å². The van der Waals surface area contributed by atoms with Gasteiger partial charge in [-0.3, -0.25) is 0 Å². The molecule has 1 rings (SSSR count). The van der Waals surface area contributed by atoms with Crippen molar-refractivity contribution < 1.29 is 17.2 Å². The maximum absolute atomic E-state index is 13.4. The summed E-state index contributed by atoms with van der Waals surface area (Å²) >= 11 is 5.54. The smallest absolute Gasteiger partial charge is 0.235 e. The van der Waals surface area contributed by atoms with Gasteiger partial charge >= 0.3 is 0 Å². The van der Waals surface area contributed by atoms with Crippen molar-refractivity contribution in [3.63, 3.8) is 0 Å². The minimum atomic E-state index is -3.95. The standard InChI is InChI=1S/C8H6Cl2F2O2S/c9-7-3-5(11)1-2-6(7)8(12)4-15(10,13)14/h1-3,8H,4H2. The Labute approximate surface area is 95.2 Å². The topological polar surface area (TPSA) is 34.1 Å². The van der Waals surface area contributed by atoms with Crippen LogP contribution in [0.25, 0.3) is 0 Å². The summed E-state index contributed by atoms with van der Waals surface area (Å²) in [6, 6.07) is 2.99. The zero-order valence-corrected chi connectivity index (χ0v) is 9.58. The largest absolute Gasteiger partial charge is 0.241 e. The number of hydrogen-bond acceptors (Lipinski definition) is 2. The third kappa shape index (κ3) is 3.93. The van der Waals surface area contributed by atoms with Crippen molar-refractivity contribution in [3.05, 3.63) is 34.6 Å². The van der Waals surface area contributed by atoms with E-state index < -0.39 is 26.8 Å². The van der Waals surface area contributed by atoms with Crippen LogP contribution in [-0.2, 0) is 9.05 Å². The summed E-state index contributed by atoms with van der Waals surface area (Å²) < 4.78 is 47.2. The number of hydrogen-bond donors (Lipinski definition) is 0. The maximum Gasteiger partial charge on any atom is 0.235 e. The number of rotatable bonds is 3. The predicted molar refractivity (Wildman–Crippen MR) is 54.9 cm³/mol. The molecule has 0 aliphatic rings. The van der Waals surface area contributed by atoms with Gasteiger partial charge in [0.1, 0.15) is 17.7 Å². The lowest BCUT2D eigenvalue weighted by Gasteiger charge is -2.08. The summed E-state index contributed by atoms with van der Waals surface area (Å²) in [5.74, 6) is -1.51. The van der Waals surface area contributed by atoms with E-state index in [2.05, 4.69) is 0 Å². The molecule has 0 aliphatic heterocycles. The van der Waals surface area contributed by atoms with E-state index in [1.165, 1.54) is 0 Å². The van der Waals surface area contributed by atoms with Crippen molar-refractivity contribution in [2.45, 2.75) is 6.17 Å². The van der Waals surface area contributed by atoms with Crippen LogP contribution in [0.3, 0.4) is 0 Å². The summed E-state index contributed by atoms with van der Waals surface area (Å²) in [5, 5.41) is -0.164. The molecule has 0 saturated carbocycles. The van der Waals surface area contributed by atoms with Crippen LogP contribution in [0.15, 0.2) is 18.2 Å². The molecule has 0 aromatic heterocycles. The highest BCUT2D eigenvalue weighted by molar-refractivity contribution is 8.13. The molecular weight excluding hydrogens is 269 g/mol. The molecule has 1 atom stereocenters. The first-order valence-electron chi connectivity index (χ1n) is 3.81. The summed E-state index contributed by atoms with van der Waals surface area (Å²) in [6.07, 6.45) is -1.86. The monoisotopic (exact) mass is 274 g/mol. The predicted octanol–water partition coefficient (Wildman–Crippen LogP) is 3.06. The van der Waals surface area contributed by atoms with E-state index in [0.717, 1.165) is 18.2 Å². The van der Waals surface area contributed by atoms with Crippen LogP contribution in [-0.4, -0.2) is 14.2 Å². The van der Waals surface area contributed by atoms with Crippen LogP contribution in [0, 0.1) is 5.82 Å². The van der Waals surface area contributed by atoms with Gasteiger partial charge in [0.2, 0.25) is 9.05 Å². The third-order valence-corrected chi connectivity index (χ3v) is 3.04. The Balaban J connectivity index is 2.97. The Morgan fingerprint density at radius 3 is 2.47 bits per heavy atom. The lowest BCUT2D eigenvalue weighted by molar-refractivity contribution is 0.375. The molecule has 1 unspecified atom stereocenters. The average Bonchev–Trinajstić information content (AvgIpc) is 1.99. The molecule has 1 aromatic rings. The molecule has 0 amide bonds. The highest BCUT2D eigenvalue weighted by atomic mass is 35.7. The molecule has 0 aliphatic carbocycles. The highest BCUT2D eigenvalue weighted by Crippen LogP contribution is 2.28. The molecule has 0 heterocycles. The molecule has 2 nitrogen and oxygen atoms in total. The molecule has 0 spiro atoms. The lowest BCUT2D eigenvalue weighted by Crippen LogP contribution is -2.06. The van der Waals surface area contributed by atoms with Crippen LogP contribution in [0.4, 0.5) is 8.78 Å². The van der Waals surface area contributed by atoms with Crippen molar-refractivity contribution >= 4 is 31.3 Å². The molecule has 15 heavy (non-hydrogen) atoms. The SMILES string of the molecule is O=S(=O)(Cl)CC(F)c1ccc(F)cc1Cl. The Bertz CT molecular complexity index is 462. The van der Waals surface area contributed by atoms with Gasteiger partial charge in [-0.25, -0.2) is 17.2 Å². The minimum absolute atomic E-state index is 0.0951. The molecule has 0 N–H and O–H groups in total. The van der Waals surface area contributed by atoms with Gasteiger partial charge in [0.05, 0.1) is 0 Å². The molecule has 0 radical (unpaired) electrons. The minimum Gasteiger partial charge on any atom is -0.241 e. The van der Waals surface area contributed by atoms with E-state index in [1.54, 1.807) is 0 Å². The van der Waals surface area contributed by atoms with E-state index in [0.29, 0.717) is 0 Å². The summed E-state index contributed by atoms with van der Waals surface area (Å²) in [7, 11) is 0.923. The maximum atomic E-state index is 13.4. The van der Waals surface area contributed by atoms with E-state index in [1.807, 2.05) is 0 Å². The fraction of sp³-hybridized carbons (Fsp3) is 0.250. The van der Waals surface area contributed by atoms with E-state index in [-0.39, 0.29) is 10.6 Å². The Hall–Kier alpha value is -0.390. The second kappa shape index (κ2) is 4.63. The lowest BCUT2D eigenvalue weighted by atomic mass is 10.1. The second-order valence-electron chi connectivity index (χ2n) is 2.84. The van der Waals surface area contributed by atoms with Crippen molar-refractivity contribution in [1.82, 2.24) is 0 Å². The van der Waals surface area contributed by atoms with Gasteiger partial charge in [0.25, 0.3) is 0 Å². The summed E-state index contributed by atoms with van der Waals surface area (Å²) in [6.45, 7) is 0. The fourth-order valence-electron chi connectivity index (χ4n) is 1.02. The second-order valence-corrected chi connectivity index (χ2v) is 6.07. The third-order valence-electron chi connectivity index (χ3n) is 1.65. The zero-order chi connectivity index (χ0) is 11.6. The Morgan fingerprint density at radius 2 is 2.00 bits per heavy atom. The quantitative estimate of drug-likeness (QED) is 0.794. The fourth-order valence-corrected chi connectivity index (χ4v) is 2.17. The Kier molecular flexibility index (Phi) is 3.92. The van der Waals surface area contributed by atoms with Crippen LogP contribution in [0.2, 0.25) is 5.02 Å². The van der Waals surface area contributed by atoms with Gasteiger partial charge in [0, 0.05) is 21.3 Å². The van der Waals surface area contributed by atoms with Gasteiger partial charge in [-0.15, -0.1) is 0 Å². The van der Waals surface area contributed by atoms with E-state index in [9.17, 15) is 17.2 Å². The number of benzene rings is 1. The van der Waals surface area contributed by atoms with Crippen LogP contribution < -0.4 is 0 Å². The first-order valence-corrected chi connectivity index (χ1v) is 6.66. The molecular formula is C8H6Cl2F2O2S. The van der Waals surface area contributed by atoms with Gasteiger partial charge in [-0.05, 0) is 12.1 Å². The van der Waals surface area contributed by atoms with Gasteiger partial charge in [0.15, 0.2) is 0 Å². The summed E-state index contributed by atoms with van der Waals surface area (Å²) in [5.41, 5.74) is -0.0951. The van der Waals surface area contributed by atoms with Gasteiger partial charge in [-0.1, -0.05) is 17.7 Å². The highest BCUT2D eigenvalue weighted by Gasteiger charge is 2.20. The molecule has 0 saturated heterocycles. The Morgan fingerprint density at radius 1 is 1.40 bits per heavy atom. The molecule has 0 fully saturated rings. The number of alkyl halides is 1. The average molecular weight is 275 g/mol. The normalized spacial score (nSPS) is 13.9. The molecule has 7 heteroatoms. The van der Waals surface area contributed by atoms with Crippen molar-refractivity contribution in [1.29, 1.82) is 0 Å².